The number of hydrogen-bond donors (Lipinski definition) is 2. The molecule has 0 aromatic carbocycles. The zero-order valence-corrected chi connectivity index (χ0v) is 11.9. The molecule has 2 saturated carbocycles. The Morgan fingerprint density at radius 2 is 1.75 bits per heavy atom. The van der Waals surface area contributed by atoms with Crippen molar-refractivity contribution in [3.8, 4) is 0 Å². The molecule has 3 rings (SSSR count). The van der Waals surface area contributed by atoms with E-state index in [1.54, 1.807) is 0 Å². The molecule has 5 nitrogen and oxygen atoms in total. The van der Waals surface area contributed by atoms with Crippen LogP contribution in [0, 0.1) is 11.8 Å². The first-order valence-corrected chi connectivity index (χ1v) is 7.95. The van der Waals surface area contributed by atoms with E-state index in [9.17, 15) is 9.59 Å². The molecule has 2 atom stereocenters. The van der Waals surface area contributed by atoms with Crippen LogP contribution in [0.25, 0.3) is 0 Å². The van der Waals surface area contributed by atoms with Crippen molar-refractivity contribution in [2.45, 2.75) is 63.5 Å². The summed E-state index contributed by atoms with van der Waals surface area (Å²) in [6.45, 7) is 0.894. The highest BCUT2D eigenvalue weighted by Crippen LogP contribution is 2.37. The molecule has 2 aliphatic carbocycles. The van der Waals surface area contributed by atoms with Crippen LogP contribution < -0.4 is 5.32 Å². The summed E-state index contributed by atoms with van der Waals surface area (Å²) in [5.74, 6) is -0.180. The molecule has 0 aromatic rings. The van der Waals surface area contributed by atoms with Crippen molar-refractivity contribution < 1.29 is 14.7 Å². The zero-order valence-electron chi connectivity index (χ0n) is 11.9. The number of carboxylic acid groups (broad SMARTS) is 1. The molecule has 0 radical (unpaired) electrons. The Bertz CT molecular complexity index is 391. The van der Waals surface area contributed by atoms with Gasteiger partial charge in [0, 0.05) is 18.6 Å². The molecule has 20 heavy (non-hydrogen) atoms. The second-order valence-electron chi connectivity index (χ2n) is 6.58. The Kier molecular flexibility index (Phi) is 3.85. The molecule has 3 fully saturated rings. The number of likely N-dealkylation sites (tertiary alicyclic amines) is 1. The van der Waals surface area contributed by atoms with Crippen LogP contribution >= 0.6 is 0 Å². The third-order valence-electron chi connectivity index (χ3n) is 5.42. The number of carboxylic acids is 1. The van der Waals surface area contributed by atoms with Crippen LogP contribution in [0.2, 0.25) is 0 Å². The molecule has 0 bridgehead atoms. The maximum Gasteiger partial charge on any atom is 0.317 e. The zero-order chi connectivity index (χ0) is 14.1. The topological polar surface area (TPSA) is 69.6 Å². The first-order chi connectivity index (χ1) is 9.65. The summed E-state index contributed by atoms with van der Waals surface area (Å²) >= 11 is 0. The number of nitrogens with zero attached hydrogens (tertiary/aromatic N) is 1. The van der Waals surface area contributed by atoms with Gasteiger partial charge in [-0.1, -0.05) is 6.42 Å². The Morgan fingerprint density at radius 1 is 1.00 bits per heavy atom. The lowest BCUT2D eigenvalue weighted by molar-refractivity contribution is -0.142. The molecule has 0 spiro atoms. The third-order valence-corrected chi connectivity index (χ3v) is 5.42. The summed E-state index contributed by atoms with van der Waals surface area (Å²) in [6.07, 6.45) is 7.81. The van der Waals surface area contributed by atoms with Crippen molar-refractivity contribution in [3.63, 3.8) is 0 Å². The van der Waals surface area contributed by atoms with E-state index in [-0.39, 0.29) is 18.0 Å². The fourth-order valence-electron chi connectivity index (χ4n) is 4.23. The van der Waals surface area contributed by atoms with Crippen LogP contribution in [0.1, 0.15) is 51.4 Å². The van der Waals surface area contributed by atoms with Crippen molar-refractivity contribution in [1.29, 1.82) is 0 Å². The lowest BCUT2D eigenvalue weighted by atomic mass is 9.86. The van der Waals surface area contributed by atoms with E-state index in [2.05, 4.69) is 5.32 Å². The summed E-state index contributed by atoms with van der Waals surface area (Å²) in [7, 11) is 0. The van der Waals surface area contributed by atoms with Crippen molar-refractivity contribution in [3.05, 3.63) is 0 Å². The van der Waals surface area contributed by atoms with Gasteiger partial charge in [0.15, 0.2) is 0 Å². The summed E-state index contributed by atoms with van der Waals surface area (Å²) < 4.78 is 0. The molecule has 1 heterocycles. The SMILES string of the molecule is O=C(O)C1CCC(NC(=O)N2CCC3CCCC32)CC1. The second kappa shape index (κ2) is 5.62. The molecule has 3 aliphatic rings. The average molecular weight is 280 g/mol. The van der Waals surface area contributed by atoms with Crippen molar-refractivity contribution in [2.24, 2.45) is 11.8 Å². The van der Waals surface area contributed by atoms with Crippen LogP contribution in [0.3, 0.4) is 0 Å². The smallest absolute Gasteiger partial charge is 0.317 e. The Balaban J connectivity index is 1.49. The van der Waals surface area contributed by atoms with Gasteiger partial charge >= 0.3 is 12.0 Å². The number of nitrogens with one attached hydrogen (secondary N) is 1. The van der Waals surface area contributed by atoms with Gasteiger partial charge in [0.05, 0.1) is 5.92 Å². The first-order valence-electron chi connectivity index (χ1n) is 7.95. The number of urea groups is 1. The monoisotopic (exact) mass is 280 g/mol. The predicted octanol–water partition coefficient (Wildman–Crippen LogP) is 2.21. The van der Waals surface area contributed by atoms with E-state index in [4.69, 9.17) is 5.11 Å². The van der Waals surface area contributed by atoms with E-state index in [1.807, 2.05) is 4.90 Å². The van der Waals surface area contributed by atoms with Gasteiger partial charge in [-0.05, 0) is 50.9 Å². The minimum Gasteiger partial charge on any atom is -0.481 e. The van der Waals surface area contributed by atoms with E-state index in [0.29, 0.717) is 18.9 Å². The number of aliphatic carboxylic acids is 1. The number of fused-ring (bicyclic) bond motifs is 1. The van der Waals surface area contributed by atoms with Gasteiger partial charge in [0.1, 0.15) is 0 Å². The Morgan fingerprint density at radius 3 is 2.45 bits per heavy atom. The van der Waals surface area contributed by atoms with E-state index < -0.39 is 5.97 Å². The number of carbonyl (C=O) groups excluding carboxylic acids is 1. The highest BCUT2D eigenvalue weighted by molar-refractivity contribution is 5.75. The van der Waals surface area contributed by atoms with Crippen molar-refractivity contribution in [2.75, 3.05) is 6.54 Å². The molecule has 2 unspecified atom stereocenters. The van der Waals surface area contributed by atoms with Crippen LogP contribution in [0.15, 0.2) is 0 Å². The van der Waals surface area contributed by atoms with Gasteiger partial charge in [0.25, 0.3) is 0 Å². The molecule has 112 valence electrons. The quantitative estimate of drug-likeness (QED) is 0.815. The van der Waals surface area contributed by atoms with E-state index in [0.717, 1.165) is 38.1 Å². The third kappa shape index (κ3) is 2.63. The molecule has 0 aromatic heterocycles. The van der Waals surface area contributed by atoms with Gasteiger partial charge in [-0.2, -0.15) is 0 Å². The fourth-order valence-corrected chi connectivity index (χ4v) is 4.23. The summed E-state index contributed by atoms with van der Waals surface area (Å²) in [5, 5.41) is 12.1. The number of carbonyl (C=O) groups is 2. The van der Waals surface area contributed by atoms with E-state index >= 15 is 0 Å². The summed E-state index contributed by atoms with van der Waals surface area (Å²) in [4.78, 5) is 25.3. The first kappa shape index (κ1) is 13.7. The Hall–Kier alpha value is -1.26. The maximum absolute atomic E-state index is 12.4. The molecule has 1 saturated heterocycles. The predicted molar refractivity (Wildman–Crippen MR) is 74.4 cm³/mol. The second-order valence-corrected chi connectivity index (χ2v) is 6.58. The van der Waals surface area contributed by atoms with Crippen LogP contribution in [0.5, 0.6) is 0 Å². The van der Waals surface area contributed by atoms with Gasteiger partial charge in [-0.3, -0.25) is 4.79 Å². The Labute approximate surface area is 119 Å². The molecular weight excluding hydrogens is 256 g/mol. The average Bonchev–Trinajstić information content (AvgIpc) is 3.01. The van der Waals surface area contributed by atoms with Gasteiger partial charge in [-0.15, -0.1) is 0 Å². The largest absolute Gasteiger partial charge is 0.481 e. The number of hydrogen-bond acceptors (Lipinski definition) is 2. The van der Waals surface area contributed by atoms with Gasteiger partial charge < -0.3 is 15.3 Å². The van der Waals surface area contributed by atoms with E-state index in [1.165, 1.54) is 12.8 Å². The minimum absolute atomic E-state index is 0.0816. The molecule has 2 N–H and O–H groups in total. The lowest BCUT2D eigenvalue weighted by Crippen LogP contribution is -2.48. The lowest BCUT2D eigenvalue weighted by Gasteiger charge is -2.30. The van der Waals surface area contributed by atoms with Crippen molar-refractivity contribution in [1.82, 2.24) is 10.2 Å². The maximum atomic E-state index is 12.4. The molecule has 5 heteroatoms. The minimum atomic E-state index is -0.692. The molecular formula is C15H24N2O3. The highest BCUT2D eigenvalue weighted by Gasteiger charge is 2.40. The highest BCUT2D eigenvalue weighted by atomic mass is 16.4. The number of amides is 2. The molecule has 2 amide bonds. The van der Waals surface area contributed by atoms with Crippen LogP contribution in [0.4, 0.5) is 4.79 Å². The number of rotatable bonds is 2. The van der Waals surface area contributed by atoms with Crippen molar-refractivity contribution >= 4 is 12.0 Å². The fraction of sp³-hybridized carbons (Fsp3) is 0.867. The molecule has 1 aliphatic heterocycles. The van der Waals surface area contributed by atoms with Crippen LogP contribution in [-0.4, -0.2) is 40.6 Å². The normalized spacial score (nSPS) is 36.7. The van der Waals surface area contributed by atoms with Gasteiger partial charge in [0.2, 0.25) is 0 Å². The van der Waals surface area contributed by atoms with Crippen LogP contribution in [-0.2, 0) is 4.79 Å². The standard InChI is InChI=1S/C15H24N2O3/c18-14(19)11-4-6-12(7-5-11)16-15(20)17-9-8-10-2-1-3-13(10)17/h10-13H,1-9H2,(H,16,20)(H,18,19). The van der Waals surface area contributed by atoms with Gasteiger partial charge in [-0.25, -0.2) is 4.79 Å². The summed E-state index contributed by atoms with van der Waals surface area (Å²) in [6, 6.07) is 0.710. The summed E-state index contributed by atoms with van der Waals surface area (Å²) in [5.41, 5.74) is 0.